The number of rotatable bonds is 6. The van der Waals surface area contributed by atoms with Gasteiger partial charge >= 0.3 is 5.69 Å². The standard InChI is InChI=1S/C14H20FN3O3/c1-14(2,3)17-13(19)6-7-16-9-10-4-5-12(18(20)21)11(15)8-10/h4-5,8,16H,6-7,9H2,1-3H3,(H,17,19). The second-order valence-corrected chi connectivity index (χ2v) is 5.77. The third-order valence-corrected chi connectivity index (χ3v) is 2.58. The minimum absolute atomic E-state index is 0.0649. The van der Waals surface area contributed by atoms with Gasteiger partial charge in [0.2, 0.25) is 11.7 Å². The summed E-state index contributed by atoms with van der Waals surface area (Å²) in [7, 11) is 0. The lowest BCUT2D eigenvalue weighted by Gasteiger charge is -2.20. The normalized spacial score (nSPS) is 11.2. The van der Waals surface area contributed by atoms with E-state index in [2.05, 4.69) is 10.6 Å². The van der Waals surface area contributed by atoms with Gasteiger partial charge in [-0.3, -0.25) is 14.9 Å². The van der Waals surface area contributed by atoms with Crippen molar-refractivity contribution < 1.29 is 14.1 Å². The van der Waals surface area contributed by atoms with Crippen LogP contribution < -0.4 is 10.6 Å². The lowest BCUT2D eigenvalue weighted by atomic mass is 10.1. The summed E-state index contributed by atoms with van der Waals surface area (Å²) < 4.78 is 13.4. The summed E-state index contributed by atoms with van der Waals surface area (Å²) in [6.07, 6.45) is 0.312. The molecule has 21 heavy (non-hydrogen) atoms. The molecule has 0 fully saturated rings. The molecule has 1 aromatic rings. The van der Waals surface area contributed by atoms with Crippen LogP contribution in [0.15, 0.2) is 18.2 Å². The molecule has 0 radical (unpaired) electrons. The zero-order valence-electron chi connectivity index (χ0n) is 12.4. The van der Waals surface area contributed by atoms with Crippen LogP contribution in [-0.4, -0.2) is 22.9 Å². The Bertz CT molecular complexity index is 527. The first-order valence-corrected chi connectivity index (χ1v) is 6.63. The summed E-state index contributed by atoms with van der Waals surface area (Å²) in [5.74, 6) is -0.922. The maximum absolute atomic E-state index is 13.4. The molecule has 1 amide bonds. The largest absolute Gasteiger partial charge is 0.351 e. The Kier molecular flexibility index (Phi) is 5.78. The summed E-state index contributed by atoms with van der Waals surface area (Å²) in [5.41, 5.74) is -0.212. The van der Waals surface area contributed by atoms with Gasteiger partial charge in [0, 0.05) is 31.1 Å². The number of nitrogens with one attached hydrogen (secondary N) is 2. The van der Waals surface area contributed by atoms with Crippen molar-refractivity contribution in [1.29, 1.82) is 0 Å². The number of carbonyl (C=O) groups is 1. The quantitative estimate of drug-likeness (QED) is 0.478. The van der Waals surface area contributed by atoms with E-state index >= 15 is 0 Å². The Morgan fingerprint density at radius 1 is 1.38 bits per heavy atom. The molecule has 0 atom stereocenters. The van der Waals surface area contributed by atoms with E-state index in [1.54, 1.807) is 0 Å². The van der Waals surface area contributed by atoms with E-state index in [0.717, 1.165) is 12.1 Å². The van der Waals surface area contributed by atoms with Crippen LogP contribution in [0.4, 0.5) is 10.1 Å². The molecule has 6 nitrogen and oxygen atoms in total. The third-order valence-electron chi connectivity index (χ3n) is 2.58. The van der Waals surface area contributed by atoms with Crippen LogP contribution in [0.3, 0.4) is 0 Å². The van der Waals surface area contributed by atoms with Gasteiger partial charge in [0.25, 0.3) is 0 Å². The summed E-state index contributed by atoms with van der Waals surface area (Å²) in [6, 6.07) is 3.75. The van der Waals surface area contributed by atoms with E-state index in [1.807, 2.05) is 20.8 Å². The van der Waals surface area contributed by atoms with Crippen LogP contribution >= 0.6 is 0 Å². The molecule has 0 aromatic heterocycles. The number of nitro benzene ring substituents is 1. The minimum Gasteiger partial charge on any atom is -0.351 e. The Balaban J connectivity index is 2.38. The zero-order chi connectivity index (χ0) is 16.0. The summed E-state index contributed by atoms with van der Waals surface area (Å²) >= 11 is 0. The number of hydrogen-bond donors (Lipinski definition) is 2. The number of nitro groups is 1. The fourth-order valence-corrected chi connectivity index (χ4v) is 1.72. The van der Waals surface area contributed by atoms with E-state index in [-0.39, 0.29) is 11.4 Å². The Labute approximate surface area is 122 Å². The number of hydrogen-bond acceptors (Lipinski definition) is 4. The van der Waals surface area contributed by atoms with Gasteiger partial charge in [0.05, 0.1) is 4.92 Å². The number of benzene rings is 1. The van der Waals surface area contributed by atoms with Crippen molar-refractivity contribution in [3.63, 3.8) is 0 Å². The molecule has 0 aliphatic heterocycles. The van der Waals surface area contributed by atoms with Gasteiger partial charge in [-0.2, -0.15) is 4.39 Å². The average molecular weight is 297 g/mol. The second kappa shape index (κ2) is 7.12. The lowest BCUT2D eigenvalue weighted by Crippen LogP contribution is -2.41. The molecule has 7 heteroatoms. The predicted octanol–water partition coefficient (Wildman–Crippen LogP) is 2.13. The highest BCUT2D eigenvalue weighted by molar-refractivity contribution is 5.76. The van der Waals surface area contributed by atoms with E-state index in [1.165, 1.54) is 6.07 Å². The summed E-state index contributed by atoms with van der Waals surface area (Å²) in [5, 5.41) is 16.3. The molecule has 0 saturated carbocycles. The first-order chi connectivity index (χ1) is 9.69. The van der Waals surface area contributed by atoms with Gasteiger partial charge in [-0.05, 0) is 32.4 Å². The van der Waals surface area contributed by atoms with Gasteiger partial charge in [-0.1, -0.05) is 6.07 Å². The van der Waals surface area contributed by atoms with Crippen molar-refractivity contribution in [2.24, 2.45) is 0 Å². The smallest absolute Gasteiger partial charge is 0.304 e. The molecule has 0 aliphatic rings. The Morgan fingerprint density at radius 2 is 2.05 bits per heavy atom. The van der Waals surface area contributed by atoms with Crippen LogP contribution in [0.5, 0.6) is 0 Å². The SMILES string of the molecule is CC(C)(C)NC(=O)CCNCc1ccc([N+](=O)[O-])c(F)c1. The highest BCUT2D eigenvalue weighted by Gasteiger charge is 2.14. The molecule has 116 valence electrons. The second-order valence-electron chi connectivity index (χ2n) is 5.77. The number of carbonyl (C=O) groups excluding carboxylic acids is 1. The molecule has 1 aromatic carbocycles. The first kappa shape index (κ1) is 17.0. The van der Waals surface area contributed by atoms with Crippen molar-refractivity contribution in [2.75, 3.05) is 6.54 Å². The fourth-order valence-electron chi connectivity index (χ4n) is 1.72. The van der Waals surface area contributed by atoms with E-state index in [9.17, 15) is 19.3 Å². The molecule has 0 heterocycles. The maximum Gasteiger partial charge on any atom is 0.304 e. The molecule has 2 N–H and O–H groups in total. The van der Waals surface area contributed by atoms with Crippen LogP contribution in [0, 0.1) is 15.9 Å². The Morgan fingerprint density at radius 3 is 2.57 bits per heavy atom. The first-order valence-electron chi connectivity index (χ1n) is 6.63. The van der Waals surface area contributed by atoms with E-state index < -0.39 is 16.4 Å². The fraction of sp³-hybridized carbons (Fsp3) is 0.500. The lowest BCUT2D eigenvalue weighted by molar-refractivity contribution is -0.387. The molecule has 1 rings (SSSR count). The van der Waals surface area contributed by atoms with Crippen LogP contribution in [-0.2, 0) is 11.3 Å². The van der Waals surface area contributed by atoms with Crippen molar-refractivity contribution in [3.8, 4) is 0 Å². The maximum atomic E-state index is 13.4. The number of nitrogens with zero attached hydrogens (tertiary/aromatic N) is 1. The monoisotopic (exact) mass is 297 g/mol. The zero-order valence-corrected chi connectivity index (χ0v) is 12.4. The van der Waals surface area contributed by atoms with Crippen LogP contribution in [0.25, 0.3) is 0 Å². The van der Waals surface area contributed by atoms with Crippen molar-refractivity contribution in [3.05, 3.63) is 39.7 Å². The van der Waals surface area contributed by atoms with Gasteiger partial charge in [0.1, 0.15) is 0 Å². The van der Waals surface area contributed by atoms with Crippen LogP contribution in [0.1, 0.15) is 32.8 Å². The molecule has 0 bridgehead atoms. The van der Waals surface area contributed by atoms with Gasteiger partial charge in [-0.25, -0.2) is 0 Å². The summed E-state index contributed by atoms with van der Waals surface area (Å²) in [4.78, 5) is 21.3. The highest BCUT2D eigenvalue weighted by Crippen LogP contribution is 2.17. The van der Waals surface area contributed by atoms with Gasteiger partial charge in [-0.15, -0.1) is 0 Å². The van der Waals surface area contributed by atoms with Crippen molar-refractivity contribution in [2.45, 2.75) is 39.3 Å². The third kappa shape index (κ3) is 6.31. The van der Waals surface area contributed by atoms with Crippen molar-refractivity contribution >= 4 is 11.6 Å². The minimum atomic E-state index is -0.857. The van der Waals surface area contributed by atoms with Gasteiger partial charge < -0.3 is 10.6 Å². The Hall–Kier alpha value is -2.02. The molecule has 0 saturated heterocycles. The topological polar surface area (TPSA) is 84.3 Å². The number of halogens is 1. The molecule has 0 unspecified atom stereocenters. The summed E-state index contributed by atoms with van der Waals surface area (Å²) in [6.45, 7) is 6.49. The molecule has 0 spiro atoms. The molecule has 0 aliphatic carbocycles. The molecular formula is C14H20FN3O3. The van der Waals surface area contributed by atoms with E-state index in [4.69, 9.17) is 0 Å². The molecular weight excluding hydrogens is 277 g/mol. The van der Waals surface area contributed by atoms with E-state index in [0.29, 0.717) is 25.1 Å². The van der Waals surface area contributed by atoms with Crippen LogP contribution in [0.2, 0.25) is 0 Å². The van der Waals surface area contributed by atoms with Crippen molar-refractivity contribution in [1.82, 2.24) is 10.6 Å². The predicted molar refractivity (Wildman–Crippen MR) is 77.3 cm³/mol. The number of amides is 1. The highest BCUT2D eigenvalue weighted by atomic mass is 19.1. The average Bonchev–Trinajstić information content (AvgIpc) is 2.32. The van der Waals surface area contributed by atoms with Gasteiger partial charge in [0.15, 0.2) is 0 Å².